The Morgan fingerprint density at radius 3 is 2.00 bits per heavy atom. The summed E-state index contributed by atoms with van der Waals surface area (Å²) in [4.78, 5) is 51.5. The summed E-state index contributed by atoms with van der Waals surface area (Å²) in [7, 11) is 0. The van der Waals surface area contributed by atoms with Crippen LogP contribution in [0, 0.1) is 5.92 Å². The largest absolute Gasteiger partial charge is 0.508 e. The lowest BCUT2D eigenvalue weighted by atomic mass is 9.98. The number of carbonyl (C=O) groups excluding carboxylic acids is 3. The number of aliphatic carboxylic acids is 1. The highest BCUT2D eigenvalue weighted by molar-refractivity contribution is 7.98. The molecule has 0 aliphatic rings. The van der Waals surface area contributed by atoms with Crippen LogP contribution in [-0.2, 0) is 32.0 Å². The van der Waals surface area contributed by atoms with Crippen LogP contribution >= 0.6 is 11.8 Å². The molecule has 0 saturated heterocycles. The van der Waals surface area contributed by atoms with Gasteiger partial charge in [-0.1, -0.05) is 62.7 Å². The summed E-state index contributed by atoms with van der Waals surface area (Å²) in [5.41, 5.74) is 7.65. The van der Waals surface area contributed by atoms with Crippen molar-refractivity contribution in [2.75, 3.05) is 12.0 Å². The molecule has 40 heavy (non-hydrogen) atoms. The zero-order valence-corrected chi connectivity index (χ0v) is 23.9. The van der Waals surface area contributed by atoms with Gasteiger partial charge in [0.1, 0.15) is 23.9 Å². The number of carboxylic acids is 1. The Balaban J connectivity index is 2.22. The van der Waals surface area contributed by atoms with Crippen LogP contribution in [-0.4, -0.2) is 70.1 Å². The third-order valence-corrected chi connectivity index (χ3v) is 7.31. The zero-order valence-electron chi connectivity index (χ0n) is 23.1. The molecule has 2 aromatic rings. The van der Waals surface area contributed by atoms with Gasteiger partial charge in [0.15, 0.2) is 0 Å². The number of benzene rings is 2. The molecular formula is C29H40N4O6S. The van der Waals surface area contributed by atoms with Gasteiger partial charge in [-0.15, -0.1) is 0 Å². The molecule has 0 aliphatic heterocycles. The molecule has 7 N–H and O–H groups in total. The van der Waals surface area contributed by atoms with Gasteiger partial charge >= 0.3 is 5.97 Å². The van der Waals surface area contributed by atoms with E-state index in [0.717, 1.165) is 5.56 Å². The second-order valence-corrected chi connectivity index (χ2v) is 10.8. The van der Waals surface area contributed by atoms with Gasteiger partial charge in [0.05, 0.1) is 6.04 Å². The number of aromatic hydroxyl groups is 1. The number of nitrogens with two attached hydrogens (primary N) is 1. The Morgan fingerprint density at radius 2 is 1.43 bits per heavy atom. The predicted octanol–water partition coefficient (Wildman–Crippen LogP) is 1.84. The highest BCUT2D eigenvalue weighted by Crippen LogP contribution is 2.14. The first-order chi connectivity index (χ1) is 19.0. The van der Waals surface area contributed by atoms with Crippen molar-refractivity contribution in [3.63, 3.8) is 0 Å². The molecule has 0 heterocycles. The summed E-state index contributed by atoms with van der Waals surface area (Å²) < 4.78 is 0. The Bertz CT molecular complexity index is 1120. The monoisotopic (exact) mass is 572 g/mol. The van der Waals surface area contributed by atoms with Crippen molar-refractivity contribution in [2.45, 2.75) is 63.7 Å². The van der Waals surface area contributed by atoms with Gasteiger partial charge < -0.3 is 31.9 Å². The highest BCUT2D eigenvalue weighted by atomic mass is 32.2. The smallest absolute Gasteiger partial charge is 0.326 e. The Labute approximate surface area is 239 Å². The first kappa shape index (κ1) is 32.6. The third-order valence-electron chi connectivity index (χ3n) is 6.66. The van der Waals surface area contributed by atoms with Crippen LogP contribution in [0.4, 0.5) is 0 Å². The lowest BCUT2D eigenvalue weighted by Crippen LogP contribution is -2.58. The van der Waals surface area contributed by atoms with Crippen molar-refractivity contribution in [3.8, 4) is 5.75 Å². The summed E-state index contributed by atoms with van der Waals surface area (Å²) in [6.45, 7) is 3.54. The first-order valence-electron chi connectivity index (χ1n) is 13.3. The van der Waals surface area contributed by atoms with Crippen molar-refractivity contribution >= 4 is 35.5 Å². The normalized spacial score (nSPS) is 14.7. The minimum absolute atomic E-state index is 0.0431. The average Bonchev–Trinajstić information content (AvgIpc) is 2.94. The highest BCUT2D eigenvalue weighted by Gasteiger charge is 2.32. The summed E-state index contributed by atoms with van der Waals surface area (Å²) in [6, 6.07) is 11.3. The van der Waals surface area contributed by atoms with Crippen molar-refractivity contribution in [2.24, 2.45) is 11.7 Å². The Morgan fingerprint density at radius 1 is 0.850 bits per heavy atom. The van der Waals surface area contributed by atoms with Gasteiger partial charge in [-0.25, -0.2) is 4.79 Å². The summed E-state index contributed by atoms with van der Waals surface area (Å²) >= 11 is 1.50. The quantitative estimate of drug-likeness (QED) is 0.177. The van der Waals surface area contributed by atoms with Crippen LogP contribution in [0.15, 0.2) is 54.6 Å². The van der Waals surface area contributed by atoms with Gasteiger partial charge in [-0.05, 0) is 54.0 Å². The lowest BCUT2D eigenvalue weighted by molar-refractivity contribution is -0.143. The van der Waals surface area contributed by atoms with E-state index in [1.54, 1.807) is 19.1 Å². The summed E-state index contributed by atoms with van der Waals surface area (Å²) in [5.74, 6) is -2.64. The minimum atomic E-state index is -1.17. The topological polar surface area (TPSA) is 171 Å². The van der Waals surface area contributed by atoms with E-state index in [9.17, 15) is 29.4 Å². The molecule has 5 atom stereocenters. The van der Waals surface area contributed by atoms with Crippen molar-refractivity contribution in [3.05, 3.63) is 65.7 Å². The molecule has 0 radical (unpaired) electrons. The summed E-state index contributed by atoms with van der Waals surface area (Å²) in [5, 5.41) is 27.3. The minimum Gasteiger partial charge on any atom is -0.508 e. The van der Waals surface area contributed by atoms with Gasteiger partial charge in [0, 0.05) is 6.42 Å². The average molecular weight is 573 g/mol. The molecule has 0 saturated carbocycles. The van der Waals surface area contributed by atoms with E-state index in [1.165, 1.54) is 23.9 Å². The molecular weight excluding hydrogens is 532 g/mol. The molecule has 2 aromatic carbocycles. The number of carboxylic acid groups (broad SMARTS) is 1. The third kappa shape index (κ3) is 10.5. The van der Waals surface area contributed by atoms with E-state index in [-0.39, 0.29) is 18.1 Å². The van der Waals surface area contributed by atoms with Crippen LogP contribution in [0.5, 0.6) is 5.75 Å². The predicted molar refractivity (Wildman–Crippen MR) is 156 cm³/mol. The number of hydrogen-bond acceptors (Lipinski definition) is 7. The molecule has 11 heteroatoms. The van der Waals surface area contributed by atoms with E-state index >= 15 is 0 Å². The Hall–Kier alpha value is -3.57. The van der Waals surface area contributed by atoms with Gasteiger partial charge in [-0.2, -0.15) is 11.8 Å². The van der Waals surface area contributed by atoms with E-state index in [1.807, 2.05) is 43.5 Å². The van der Waals surface area contributed by atoms with Gasteiger partial charge in [0.25, 0.3) is 0 Å². The van der Waals surface area contributed by atoms with E-state index < -0.39 is 47.9 Å². The van der Waals surface area contributed by atoms with E-state index in [2.05, 4.69) is 16.0 Å². The second kappa shape index (κ2) is 16.5. The number of phenolic OH excluding ortho intramolecular Hbond substituents is 1. The molecule has 2 rings (SSSR count). The zero-order chi connectivity index (χ0) is 29.7. The van der Waals surface area contributed by atoms with Gasteiger partial charge in [-0.3, -0.25) is 14.4 Å². The number of hydrogen-bond donors (Lipinski definition) is 6. The Kier molecular flexibility index (Phi) is 13.5. The molecule has 0 spiro atoms. The van der Waals surface area contributed by atoms with Crippen LogP contribution in [0.1, 0.15) is 37.8 Å². The van der Waals surface area contributed by atoms with Crippen LogP contribution < -0.4 is 21.7 Å². The standard InChI is InChI=1S/C29H40N4O6S/c1-4-18(2)25(29(38)39)33-28(37)24(17-20-10-12-21(34)13-11-20)32-27(36)23(14-15-40-3)31-26(35)22(30)16-19-8-6-5-7-9-19/h5-13,18,22-25,34H,4,14-17,30H2,1-3H3,(H,31,35)(H,32,36)(H,33,37)(H,38,39). The summed E-state index contributed by atoms with van der Waals surface area (Å²) in [6.07, 6.45) is 3.04. The maximum Gasteiger partial charge on any atom is 0.326 e. The fourth-order valence-corrected chi connectivity index (χ4v) is 4.50. The number of nitrogens with one attached hydrogen (secondary N) is 3. The van der Waals surface area contributed by atoms with E-state index in [0.29, 0.717) is 30.6 Å². The maximum absolute atomic E-state index is 13.4. The molecule has 0 bridgehead atoms. The van der Waals surface area contributed by atoms with Crippen LogP contribution in [0.25, 0.3) is 0 Å². The number of carbonyl (C=O) groups is 4. The molecule has 0 aromatic heterocycles. The molecule has 3 amide bonds. The fraction of sp³-hybridized carbons (Fsp3) is 0.448. The first-order valence-corrected chi connectivity index (χ1v) is 14.6. The lowest BCUT2D eigenvalue weighted by Gasteiger charge is -2.26. The van der Waals surface area contributed by atoms with Gasteiger partial charge in [0.2, 0.25) is 17.7 Å². The van der Waals surface area contributed by atoms with Crippen molar-refractivity contribution in [1.82, 2.24) is 16.0 Å². The number of amides is 3. The van der Waals surface area contributed by atoms with Crippen LogP contribution in [0.2, 0.25) is 0 Å². The molecule has 0 aliphatic carbocycles. The maximum atomic E-state index is 13.4. The van der Waals surface area contributed by atoms with E-state index in [4.69, 9.17) is 5.73 Å². The number of rotatable bonds is 16. The molecule has 0 fully saturated rings. The molecule has 5 unspecified atom stereocenters. The fourth-order valence-electron chi connectivity index (χ4n) is 4.03. The molecule has 10 nitrogen and oxygen atoms in total. The molecule has 218 valence electrons. The number of phenols is 1. The SMILES string of the molecule is CCC(C)C(NC(=O)C(Cc1ccc(O)cc1)NC(=O)C(CCSC)NC(=O)C(N)Cc1ccccc1)C(=O)O. The number of thioether (sulfide) groups is 1. The van der Waals surface area contributed by atoms with Crippen LogP contribution in [0.3, 0.4) is 0 Å². The van der Waals surface area contributed by atoms with Crippen molar-refractivity contribution in [1.29, 1.82) is 0 Å². The van der Waals surface area contributed by atoms with Crippen molar-refractivity contribution < 1.29 is 29.4 Å². The second-order valence-electron chi connectivity index (χ2n) is 9.78.